The second-order valence-electron chi connectivity index (χ2n) is 8.86. The van der Waals surface area contributed by atoms with Crippen molar-refractivity contribution in [1.82, 2.24) is 10.2 Å². The van der Waals surface area contributed by atoms with Crippen LogP contribution in [0.1, 0.15) is 38.3 Å². The molecule has 166 valence electrons. The second kappa shape index (κ2) is 10.1. The van der Waals surface area contributed by atoms with Crippen molar-refractivity contribution in [3.63, 3.8) is 0 Å². The topological polar surface area (TPSA) is 97.8 Å². The van der Waals surface area contributed by atoms with Crippen molar-refractivity contribution in [3.8, 4) is 6.07 Å². The normalized spacial score (nSPS) is 23.7. The van der Waals surface area contributed by atoms with E-state index in [0.717, 1.165) is 43.9 Å². The smallest absolute Gasteiger partial charge is 0.237 e. The molecule has 7 nitrogen and oxygen atoms in total. The largest absolute Gasteiger partial charge is 0.369 e. The van der Waals surface area contributed by atoms with E-state index in [1.165, 1.54) is 0 Å². The molecule has 1 amide bonds. The van der Waals surface area contributed by atoms with Gasteiger partial charge in [-0.25, -0.2) is 0 Å². The Bertz CT molecular complexity index is 896. The molecule has 0 aliphatic carbocycles. The van der Waals surface area contributed by atoms with Gasteiger partial charge >= 0.3 is 0 Å². The molecule has 2 heterocycles. The van der Waals surface area contributed by atoms with Crippen molar-refractivity contribution < 1.29 is 4.79 Å². The Morgan fingerprint density at radius 3 is 2.74 bits per heavy atom. The number of anilines is 1. The summed E-state index contributed by atoms with van der Waals surface area (Å²) in [5, 5.41) is 12.8. The zero-order valence-electron chi connectivity index (χ0n) is 19.0. The van der Waals surface area contributed by atoms with Gasteiger partial charge in [-0.05, 0) is 56.9 Å². The SMILES string of the molecule is C/C=C/C=N\c1c(C#N)ccc(N2C[C@@H](C)C[C@@H](NC(=O)C(C)N3CC(N)C3)C2)c1C. The third kappa shape index (κ3) is 5.33. The van der Waals surface area contributed by atoms with Crippen LogP contribution in [0.2, 0.25) is 0 Å². The lowest BCUT2D eigenvalue weighted by Gasteiger charge is -2.42. The van der Waals surface area contributed by atoms with Crippen molar-refractivity contribution in [3.05, 3.63) is 35.4 Å². The van der Waals surface area contributed by atoms with Gasteiger partial charge < -0.3 is 16.0 Å². The van der Waals surface area contributed by atoms with E-state index in [-0.39, 0.29) is 24.0 Å². The molecule has 0 saturated carbocycles. The first-order chi connectivity index (χ1) is 14.8. The van der Waals surface area contributed by atoms with Gasteiger partial charge in [0.25, 0.3) is 0 Å². The fourth-order valence-electron chi connectivity index (χ4n) is 4.50. The van der Waals surface area contributed by atoms with Crippen LogP contribution in [-0.2, 0) is 4.79 Å². The van der Waals surface area contributed by atoms with E-state index in [2.05, 4.69) is 33.1 Å². The summed E-state index contributed by atoms with van der Waals surface area (Å²) in [6.45, 7) is 11.3. The number of benzene rings is 1. The summed E-state index contributed by atoms with van der Waals surface area (Å²) < 4.78 is 0. The van der Waals surface area contributed by atoms with Crippen LogP contribution in [0.5, 0.6) is 0 Å². The molecule has 0 spiro atoms. The summed E-state index contributed by atoms with van der Waals surface area (Å²) in [5.41, 5.74) is 9.20. The van der Waals surface area contributed by atoms with Crippen molar-refractivity contribution >= 4 is 23.5 Å². The van der Waals surface area contributed by atoms with Gasteiger partial charge in [0.05, 0.1) is 17.3 Å². The van der Waals surface area contributed by atoms with Crippen LogP contribution in [0.15, 0.2) is 29.3 Å². The number of nitriles is 1. The number of amides is 1. The van der Waals surface area contributed by atoms with Gasteiger partial charge in [-0.1, -0.05) is 13.0 Å². The van der Waals surface area contributed by atoms with Crippen LogP contribution < -0.4 is 16.0 Å². The molecule has 2 aliphatic heterocycles. The van der Waals surface area contributed by atoms with E-state index in [1.807, 2.05) is 45.1 Å². The molecule has 1 unspecified atom stereocenters. The van der Waals surface area contributed by atoms with Crippen LogP contribution in [0, 0.1) is 24.2 Å². The first-order valence-electron chi connectivity index (χ1n) is 11.1. The van der Waals surface area contributed by atoms with Gasteiger partial charge in [0, 0.05) is 50.2 Å². The second-order valence-corrected chi connectivity index (χ2v) is 8.86. The molecular weight excluding hydrogens is 388 g/mol. The van der Waals surface area contributed by atoms with E-state index in [0.29, 0.717) is 17.2 Å². The van der Waals surface area contributed by atoms with Crippen LogP contribution in [0.25, 0.3) is 0 Å². The Kier molecular flexibility index (Phi) is 7.47. The predicted molar refractivity (Wildman–Crippen MR) is 126 cm³/mol. The van der Waals surface area contributed by atoms with Crippen LogP contribution in [-0.4, -0.2) is 61.3 Å². The molecule has 3 atom stereocenters. The quantitative estimate of drug-likeness (QED) is 0.687. The first kappa shape index (κ1) is 23.0. The van der Waals surface area contributed by atoms with Crippen molar-refractivity contribution in [2.45, 2.75) is 52.2 Å². The van der Waals surface area contributed by atoms with Gasteiger partial charge in [0.1, 0.15) is 6.07 Å². The van der Waals surface area contributed by atoms with Gasteiger partial charge in [-0.3, -0.25) is 14.7 Å². The van der Waals surface area contributed by atoms with Gasteiger partial charge in [-0.15, -0.1) is 0 Å². The highest BCUT2D eigenvalue weighted by atomic mass is 16.2. The summed E-state index contributed by atoms with van der Waals surface area (Å²) in [4.78, 5) is 21.7. The molecule has 2 saturated heterocycles. The Balaban J connectivity index is 1.76. The number of nitrogens with zero attached hydrogens (tertiary/aromatic N) is 4. The molecular formula is C24H34N6O. The van der Waals surface area contributed by atoms with Gasteiger partial charge in [0.15, 0.2) is 0 Å². The average Bonchev–Trinajstić information content (AvgIpc) is 2.71. The van der Waals surface area contributed by atoms with Gasteiger partial charge in [-0.2, -0.15) is 5.26 Å². The number of allylic oxidation sites excluding steroid dienone is 2. The fourth-order valence-corrected chi connectivity index (χ4v) is 4.50. The van der Waals surface area contributed by atoms with Crippen LogP contribution in [0.4, 0.5) is 11.4 Å². The van der Waals surface area contributed by atoms with Crippen molar-refractivity contribution in [1.29, 1.82) is 5.26 Å². The highest BCUT2D eigenvalue weighted by Crippen LogP contribution is 2.34. The van der Waals surface area contributed by atoms with E-state index in [1.54, 1.807) is 6.21 Å². The first-order valence-corrected chi connectivity index (χ1v) is 11.1. The molecule has 0 bridgehead atoms. The highest BCUT2D eigenvalue weighted by Gasteiger charge is 2.33. The van der Waals surface area contributed by atoms with E-state index < -0.39 is 0 Å². The maximum Gasteiger partial charge on any atom is 0.237 e. The zero-order chi connectivity index (χ0) is 22.5. The predicted octanol–water partition coefficient (Wildman–Crippen LogP) is 2.51. The van der Waals surface area contributed by atoms with E-state index in [4.69, 9.17) is 5.73 Å². The van der Waals surface area contributed by atoms with Crippen molar-refractivity contribution in [2.75, 3.05) is 31.1 Å². The average molecular weight is 423 g/mol. The number of likely N-dealkylation sites (tertiary alicyclic amines) is 1. The maximum absolute atomic E-state index is 12.8. The summed E-state index contributed by atoms with van der Waals surface area (Å²) >= 11 is 0. The minimum atomic E-state index is -0.158. The Labute approximate surface area is 185 Å². The summed E-state index contributed by atoms with van der Waals surface area (Å²) in [6, 6.07) is 6.20. The highest BCUT2D eigenvalue weighted by molar-refractivity contribution is 5.82. The molecule has 0 radical (unpaired) electrons. The summed E-state index contributed by atoms with van der Waals surface area (Å²) in [5.74, 6) is 0.510. The minimum absolute atomic E-state index is 0.0687. The van der Waals surface area contributed by atoms with Gasteiger partial charge in [0.2, 0.25) is 5.91 Å². The lowest BCUT2D eigenvalue weighted by molar-refractivity contribution is -0.128. The number of piperidine rings is 1. The molecule has 1 aromatic carbocycles. The van der Waals surface area contributed by atoms with Crippen LogP contribution >= 0.6 is 0 Å². The number of nitrogens with two attached hydrogens (primary N) is 1. The molecule has 31 heavy (non-hydrogen) atoms. The third-order valence-corrected chi connectivity index (χ3v) is 6.22. The molecule has 3 N–H and O–H groups in total. The lowest BCUT2D eigenvalue weighted by Crippen LogP contribution is -2.63. The lowest BCUT2D eigenvalue weighted by atomic mass is 9.94. The standard InChI is InChI=1S/C24H34N6O/c1-5-6-9-27-23-17(3)22(8-7-19(23)11-25)30-12-16(2)10-21(15-30)28-24(31)18(4)29-13-20(26)14-29/h5-9,16,18,20-21H,10,12-15,26H2,1-4H3,(H,28,31)/b6-5+,27-9-/t16-,18?,21+/m0/s1. The Morgan fingerprint density at radius 1 is 1.35 bits per heavy atom. The molecule has 2 aliphatic rings. The van der Waals surface area contributed by atoms with Crippen molar-refractivity contribution in [2.24, 2.45) is 16.6 Å². The Hall–Kier alpha value is -2.69. The maximum atomic E-state index is 12.8. The number of hydrogen-bond acceptors (Lipinski definition) is 6. The van der Waals surface area contributed by atoms with E-state index in [9.17, 15) is 10.1 Å². The molecule has 0 aromatic heterocycles. The minimum Gasteiger partial charge on any atom is -0.369 e. The summed E-state index contributed by atoms with van der Waals surface area (Å²) in [7, 11) is 0. The van der Waals surface area contributed by atoms with E-state index >= 15 is 0 Å². The molecule has 7 heteroatoms. The third-order valence-electron chi connectivity index (χ3n) is 6.22. The molecule has 3 rings (SSSR count). The molecule has 2 fully saturated rings. The fraction of sp³-hybridized carbons (Fsp3) is 0.542. The monoisotopic (exact) mass is 422 g/mol. The number of carbonyl (C=O) groups is 1. The number of aliphatic imine (C=N–C) groups is 1. The zero-order valence-corrected chi connectivity index (χ0v) is 19.0. The number of carbonyl (C=O) groups excluding carboxylic acids is 1. The summed E-state index contributed by atoms with van der Waals surface area (Å²) in [6.07, 6.45) is 6.44. The number of hydrogen-bond donors (Lipinski definition) is 2. The van der Waals surface area contributed by atoms with Crippen LogP contribution in [0.3, 0.4) is 0 Å². The number of rotatable bonds is 6. The Morgan fingerprint density at radius 2 is 2.10 bits per heavy atom. The number of nitrogens with one attached hydrogen (secondary N) is 1. The molecule has 1 aromatic rings.